The van der Waals surface area contributed by atoms with Crippen molar-refractivity contribution in [3.63, 3.8) is 0 Å². The maximum Gasteiger partial charge on any atom is 0.255 e. The number of nitrogens with zero attached hydrogens (tertiary/aromatic N) is 3. The molecule has 156 valence electrons. The number of hydrogen-bond donors (Lipinski definition) is 1. The molecule has 0 aliphatic carbocycles. The van der Waals surface area contributed by atoms with Crippen molar-refractivity contribution in [2.45, 2.75) is 19.3 Å². The van der Waals surface area contributed by atoms with E-state index in [9.17, 15) is 9.18 Å². The zero-order valence-electron chi connectivity index (χ0n) is 16.0. The molecule has 1 aromatic carbocycles. The van der Waals surface area contributed by atoms with Gasteiger partial charge >= 0.3 is 0 Å². The number of rotatable bonds is 4. The van der Waals surface area contributed by atoms with Gasteiger partial charge < -0.3 is 15.0 Å². The lowest BCUT2D eigenvalue weighted by atomic mass is 9.94. The molecular weight excluding hydrogens is 414 g/mol. The molecule has 1 saturated heterocycles. The molecule has 2 N–H and O–H groups in total. The van der Waals surface area contributed by atoms with Crippen LogP contribution in [0.2, 0.25) is 0 Å². The Morgan fingerprint density at radius 2 is 1.90 bits per heavy atom. The van der Waals surface area contributed by atoms with Gasteiger partial charge in [-0.3, -0.25) is 4.79 Å². The van der Waals surface area contributed by atoms with Crippen molar-refractivity contribution in [1.29, 1.82) is 0 Å². The van der Waals surface area contributed by atoms with Gasteiger partial charge in [-0.15, -0.1) is 24.8 Å². The fourth-order valence-electron chi connectivity index (χ4n) is 3.78. The molecule has 5 nitrogen and oxygen atoms in total. The molecule has 1 fully saturated rings. The highest BCUT2D eigenvalue weighted by Gasteiger charge is 2.24. The number of pyridine rings is 1. The highest BCUT2D eigenvalue weighted by molar-refractivity contribution is 5.94. The van der Waals surface area contributed by atoms with Gasteiger partial charge in [0.05, 0.1) is 11.3 Å². The molecule has 3 heterocycles. The van der Waals surface area contributed by atoms with Crippen LogP contribution >= 0.6 is 24.8 Å². The first-order valence-electron chi connectivity index (χ1n) is 9.38. The van der Waals surface area contributed by atoms with Gasteiger partial charge in [-0.25, -0.2) is 9.37 Å². The zero-order chi connectivity index (χ0) is 18.8. The van der Waals surface area contributed by atoms with Gasteiger partial charge in [0, 0.05) is 31.0 Å². The van der Waals surface area contributed by atoms with Crippen molar-refractivity contribution in [2.24, 2.45) is 11.7 Å². The van der Waals surface area contributed by atoms with Crippen molar-refractivity contribution in [3.8, 4) is 11.3 Å². The fourth-order valence-corrected chi connectivity index (χ4v) is 3.78. The van der Waals surface area contributed by atoms with E-state index < -0.39 is 0 Å². The van der Waals surface area contributed by atoms with E-state index in [1.165, 1.54) is 12.1 Å². The second-order valence-corrected chi connectivity index (χ2v) is 7.15. The van der Waals surface area contributed by atoms with E-state index in [-0.39, 0.29) is 36.5 Å². The number of carbonyl (C=O) groups is 1. The third-order valence-electron chi connectivity index (χ3n) is 5.22. The molecule has 1 unspecified atom stereocenters. The summed E-state index contributed by atoms with van der Waals surface area (Å²) >= 11 is 0. The maximum absolute atomic E-state index is 13.1. The van der Waals surface area contributed by atoms with E-state index in [1.54, 1.807) is 12.1 Å². The van der Waals surface area contributed by atoms with Crippen molar-refractivity contribution < 1.29 is 9.18 Å². The minimum atomic E-state index is -0.273. The Morgan fingerprint density at radius 1 is 1.14 bits per heavy atom. The maximum atomic E-state index is 13.1. The summed E-state index contributed by atoms with van der Waals surface area (Å²) in [5.41, 5.74) is 8.68. The summed E-state index contributed by atoms with van der Waals surface area (Å²) in [6.45, 7) is 2.24. The molecule has 1 aliphatic rings. The molecule has 2 aromatic heterocycles. The highest BCUT2D eigenvalue weighted by atomic mass is 35.5. The quantitative estimate of drug-likeness (QED) is 0.663. The van der Waals surface area contributed by atoms with Crippen LogP contribution in [0, 0.1) is 11.7 Å². The van der Waals surface area contributed by atoms with E-state index in [4.69, 9.17) is 5.73 Å². The summed E-state index contributed by atoms with van der Waals surface area (Å²) in [7, 11) is 0. The van der Waals surface area contributed by atoms with Gasteiger partial charge in [-0.2, -0.15) is 0 Å². The van der Waals surface area contributed by atoms with Crippen LogP contribution in [-0.4, -0.2) is 39.8 Å². The van der Waals surface area contributed by atoms with Gasteiger partial charge in [-0.05, 0) is 68.1 Å². The standard InChI is InChI=1S/C21H23FN4O.2ClH/c22-18-6-3-16(4-7-18)19-14-26-13-17(5-8-20(26)24-19)21(27)25-11-1-2-15(12-25)9-10-23;;/h3-8,13-15H,1-2,9-12,23H2;2*1H. The lowest BCUT2D eigenvalue weighted by Gasteiger charge is -2.32. The average molecular weight is 439 g/mol. The smallest absolute Gasteiger partial charge is 0.255 e. The van der Waals surface area contributed by atoms with Crippen LogP contribution in [0.1, 0.15) is 29.6 Å². The first kappa shape index (κ1) is 23.1. The van der Waals surface area contributed by atoms with Gasteiger partial charge in [-0.1, -0.05) is 0 Å². The third kappa shape index (κ3) is 5.07. The predicted octanol–water partition coefficient (Wildman–Crippen LogP) is 4.19. The summed E-state index contributed by atoms with van der Waals surface area (Å²) in [6, 6.07) is 9.92. The number of nitrogens with two attached hydrogens (primary N) is 1. The topological polar surface area (TPSA) is 63.6 Å². The molecular formula is C21H25Cl2FN4O. The number of aromatic nitrogens is 2. The monoisotopic (exact) mass is 438 g/mol. The Hall–Kier alpha value is -2.15. The first-order chi connectivity index (χ1) is 13.1. The van der Waals surface area contributed by atoms with Crippen LogP contribution in [0.3, 0.4) is 0 Å². The zero-order valence-corrected chi connectivity index (χ0v) is 17.6. The molecule has 1 amide bonds. The van der Waals surface area contributed by atoms with Gasteiger partial charge in [0.2, 0.25) is 0 Å². The number of piperidine rings is 1. The number of amides is 1. The summed E-state index contributed by atoms with van der Waals surface area (Å²) in [6.07, 6.45) is 6.82. The molecule has 1 atom stereocenters. The number of imidazole rings is 1. The van der Waals surface area contributed by atoms with Crippen LogP contribution in [-0.2, 0) is 0 Å². The largest absolute Gasteiger partial charge is 0.338 e. The fraction of sp³-hybridized carbons (Fsp3) is 0.333. The van der Waals surface area contributed by atoms with Crippen LogP contribution in [0.15, 0.2) is 48.8 Å². The number of halogens is 3. The minimum Gasteiger partial charge on any atom is -0.338 e. The predicted molar refractivity (Wildman–Crippen MR) is 117 cm³/mol. The summed E-state index contributed by atoms with van der Waals surface area (Å²) < 4.78 is 15.0. The number of likely N-dealkylation sites (tertiary alicyclic amines) is 1. The van der Waals surface area contributed by atoms with Crippen LogP contribution < -0.4 is 5.73 Å². The third-order valence-corrected chi connectivity index (χ3v) is 5.22. The molecule has 29 heavy (non-hydrogen) atoms. The Labute approximate surface area is 181 Å². The average Bonchev–Trinajstić information content (AvgIpc) is 3.11. The Bertz CT molecular complexity index is 959. The molecule has 0 radical (unpaired) electrons. The lowest BCUT2D eigenvalue weighted by Crippen LogP contribution is -2.40. The van der Waals surface area contributed by atoms with Gasteiger partial charge in [0.15, 0.2) is 0 Å². The highest BCUT2D eigenvalue weighted by Crippen LogP contribution is 2.23. The number of hydrogen-bond acceptors (Lipinski definition) is 3. The second-order valence-electron chi connectivity index (χ2n) is 7.15. The Kier molecular flexibility index (Phi) is 8.02. The second kappa shape index (κ2) is 10.1. The Balaban J connectivity index is 0.00000150. The first-order valence-corrected chi connectivity index (χ1v) is 9.38. The summed E-state index contributed by atoms with van der Waals surface area (Å²) in [5, 5.41) is 0. The van der Waals surface area contributed by atoms with Crippen molar-refractivity contribution in [1.82, 2.24) is 14.3 Å². The summed E-state index contributed by atoms with van der Waals surface area (Å²) in [4.78, 5) is 19.4. The van der Waals surface area contributed by atoms with Gasteiger partial charge in [0.1, 0.15) is 11.5 Å². The molecule has 3 aromatic rings. The van der Waals surface area contributed by atoms with Crippen molar-refractivity contribution in [2.75, 3.05) is 19.6 Å². The number of fused-ring (bicyclic) bond motifs is 1. The van der Waals surface area contributed by atoms with Crippen molar-refractivity contribution >= 4 is 36.4 Å². The molecule has 1 aliphatic heterocycles. The van der Waals surface area contributed by atoms with Crippen LogP contribution in [0.25, 0.3) is 16.9 Å². The molecule has 0 bridgehead atoms. The lowest BCUT2D eigenvalue weighted by molar-refractivity contribution is 0.0669. The summed E-state index contributed by atoms with van der Waals surface area (Å²) in [5.74, 6) is 0.273. The Morgan fingerprint density at radius 3 is 2.62 bits per heavy atom. The van der Waals surface area contributed by atoms with E-state index in [2.05, 4.69) is 4.98 Å². The number of carbonyl (C=O) groups excluding carboxylic acids is 1. The molecule has 8 heteroatoms. The van der Waals surface area contributed by atoms with E-state index >= 15 is 0 Å². The SMILES string of the molecule is Cl.Cl.NCCC1CCCN(C(=O)c2ccc3nc(-c4ccc(F)cc4)cn3c2)C1. The van der Waals surface area contributed by atoms with Crippen LogP contribution in [0.4, 0.5) is 4.39 Å². The minimum absolute atomic E-state index is 0. The normalized spacial score (nSPS) is 16.2. The van der Waals surface area contributed by atoms with Crippen molar-refractivity contribution in [3.05, 3.63) is 60.2 Å². The molecule has 4 rings (SSSR count). The molecule has 0 saturated carbocycles. The van der Waals surface area contributed by atoms with Gasteiger partial charge in [0.25, 0.3) is 5.91 Å². The van der Waals surface area contributed by atoms with E-state index in [0.717, 1.165) is 49.3 Å². The van der Waals surface area contributed by atoms with Crippen LogP contribution in [0.5, 0.6) is 0 Å². The van der Waals surface area contributed by atoms with E-state index in [1.807, 2.05) is 33.8 Å². The number of benzene rings is 1. The van der Waals surface area contributed by atoms with E-state index in [0.29, 0.717) is 18.0 Å². The molecule has 0 spiro atoms.